The molecule has 1 N–H and O–H groups in total. The Morgan fingerprint density at radius 2 is 1.84 bits per heavy atom. The lowest BCUT2D eigenvalue weighted by molar-refractivity contribution is -0.274. The summed E-state index contributed by atoms with van der Waals surface area (Å²) in [6, 6.07) is 11.7. The Bertz CT molecular complexity index is 1400. The lowest BCUT2D eigenvalue weighted by atomic mass is 10.2. The predicted octanol–water partition coefficient (Wildman–Crippen LogP) is 3.25. The third-order valence-corrected chi connectivity index (χ3v) is 8.79. The largest absolute Gasteiger partial charge is 0.573 e. The molecule has 0 spiro atoms. The van der Waals surface area contributed by atoms with E-state index in [0.29, 0.717) is 0 Å². The second-order valence-electron chi connectivity index (χ2n) is 8.31. The van der Waals surface area contributed by atoms with Gasteiger partial charge >= 0.3 is 6.36 Å². The van der Waals surface area contributed by atoms with Gasteiger partial charge in [0, 0.05) is 37.6 Å². The Kier molecular flexibility index (Phi) is 8.04. The highest BCUT2D eigenvalue weighted by Crippen LogP contribution is 2.28. The molecule has 3 aromatic rings. The number of pyridine rings is 1. The molecule has 3 heterocycles. The zero-order chi connectivity index (χ0) is 27.5. The molecule has 1 atom stereocenters. The van der Waals surface area contributed by atoms with Crippen LogP contribution >= 0.6 is 11.3 Å². The topological polar surface area (TPSA) is 109 Å². The molecule has 2 aromatic heterocycles. The first-order chi connectivity index (χ1) is 17.9. The number of ether oxygens (including phenoxy) is 1. The van der Waals surface area contributed by atoms with E-state index in [1.165, 1.54) is 23.2 Å². The maximum atomic E-state index is 13.4. The van der Waals surface area contributed by atoms with Crippen LogP contribution in [0.1, 0.15) is 11.8 Å². The maximum absolute atomic E-state index is 13.4. The van der Waals surface area contributed by atoms with Crippen molar-refractivity contribution in [2.24, 2.45) is 0 Å². The Labute approximate surface area is 220 Å². The van der Waals surface area contributed by atoms with Crippen LogP contribution in [-0.4, -0.2) is 66.5 Å². The van der Waals surface area contributed by atoms with E-state index in [0.717, 1.165) is 44.0 Å². The molecule has 2 amide bonds. The zero-order valence-corrected chi connectivity index (χ0v) is 21.6. The number of nitrogens with one attached hydrogen (secondary N) is 1. The van der Waals surface area contributed by atoms with Crippen molar-refractivity contribution in [3.05, 3.63) is 65.7 Å². The number of amides is 2. The van der Waals surface area contributed by atoms with Gasteiger partial charge in [0.1, 0.15) is 11.8 Å². The van der Waals surface area contributed by atoms with Crippen LogP contribution in [0, 0.1) is 0 Å². The van der Waals surface area contributed by atoms with Gasteiger partial charge in [-0.05, 0) is 48.5 Å². The number of hydrogen-bond acceptors (Lipinski definition) is 7. The number of rotatable bonds is 7. The van der Waals surface area contributed by atoms with Gasteiger partial charge in [0.05, 0.1) is 22.0 Å². The molecule has 0 saturated carbocycles. The van der Waals surface area contributed by atoms with Crippen molar-refractivity contribution >= 4 is 33.2 Å². The molecule has 4 rings (SSSR count). The van der Waals surface area contributed by atoms with Crippen molar-refractivity contribution in [1.29, 1.82) is 0 Å². The molecule has 1 aliphatic heterocycles. The van der Waals surface area contributed by atoms with Crippen LogP contribution in [0.3, 0.4) is 0 Å². The van der Waals surface area contributed by atoms with Crippen molar-refractivity contribution in [3.8, 4) is 16.3 Å². The summed E-state index contributed by atoms with van der Waals surface area (Å²) in [5.41, 5.74) is 0.781. The third-order valence-electron chi connectivity index (χ3n) is 5.76. The van der Waals surface area contributed by atoms with Crippen LogP contribution in [0.2, 0.25) is 0 Å². The number of carbonyl (C=O) groups excluding carboxylic acids is 2. The molecule has 14 heteroatoms. The van der Waals surface area contributed by atoms with Gasteiger partial charge < -0.3 is 15.0 Å². The number of carbonyl (C=O) groups is 2. The van der Waals surface area contributed by atoms with Crippen molar-refractivity contribution < 1.29 is 35.9 Å². The third kappa shape index (κ3) is 6.49. The summed E-state index contributed by atoms with van der Waals surface area (Å²) in [7, 11) is -4.29. The van der Waals surface area contributed by atoms with Gasteiger partial charge in [0.25, 0.3) is 0 Å². The molecule has 202 valence electrons. The first-order valence-electron chi connectivity index (χ1n) is 11.3. The van der Waals surface area contributed by atoms with E-state index >= 15 is 0 Å². The Morgan fingerprint density at radius 3 is 2.47 bits per heavy atom. The molecular formula is C24H23F3N4O5S2. The number of sulfonamides is 1. The van der Waals surface area contributed by atoms with Gasteiger partial charge in [-0.1, -0.05) is 6.07 Å². The molecule has 0 aliphatic carbocycles. The van der Waals surface area contributed by atoms with E-state index < -0.39 is 34.1 Å². The van der Waals surface area contributed by atoms with Crippen LogP contribution in [0.15, 0.2) is 65.7 Å². The van der Waals surface area contributed by atoms with Crippen molar-refractivity contribution in [2.75, 3.05) is 19.6 Å². The molecular weight excluding hydrogens is 545 g/mol. The number of hydrogen-bond donors (Lipinski definition) is 1. The number of benzene rings is 1. The smallest absolute Gasteiger partial charge is 0.406 e. The molecule has 9 nitrogen and oxygen atoms in total. The van der Waals surface area contributed by atoms with Gasteiger partial charge in [0.15, 0.2) is 0 Å². The monoisotopic (exact) mass is 568 g/mol. The summed E-state index contributed by atoms with van der Waals surface area (Å²) < 4.78 is 68.9. The lowest BCUT2D eigenvalue weighted by Gasteiger charge is -2.39. The van der Waals surface area contributed by atoms with E-state index in [9.17, 15) is 31.2 Å². The fourth-order valence-electron chi connectivity index (χ4n) is 3.91. The van der Waals surface area contributed by atoms with E-state index in [1.54, 1.807) is 12.3 Å². The summed E-state index contributed by atoms with van der Waals surface area (Å²) in [6.07, 6.45) is -3.25. The number of halogens is 3. The highest BCUT2D eigenvalue weighted by atomic mass is 32.2. The molecule has 1 aromatic carbocycles. The number of thiophene rings is 1. The Hall–Kier alpha value is -3.49. The van der Waals surface area contributed by atoms with Crippen molar-refractivity contribution in [3.63, 3.8) is 0 Å². The fraction of sp³-hybridized carbons (Fsp3) is 0.292. The second kappa shape index (κ2) is 11.1. The first kappa shape index (κ1) is 27.5. The fourth-order valence-corrected chi connectivity index (χ4v) is 6.41. The van der Waals surface area contributed by atoms with E-state index in [-0.39, 0.29) is 37.0 Å². The first-order valence-corrected chi connectivity index (χ1v) is 13.6. The molecule has 0 unspecified atom stereocenters. The highest BCUT2D eigenvalue weighted by Gasteiger charge is 2.41. The van der Waals surface area contributed by atoms with Gasteiger partial charge in [-0.2, -0.15) is 4.31 Å². The lowest BCUT2D eigenvalue weighted by Crippen LogP contribution is -2.61. The van der Waals surface area contributed by atoms with E-state index in [1.807, 2.05) is 24.3 Å². The molecule has 1 fully saturated rings. The normalized spacial score (nSPS) is 16.7. The van der Waals surface area contributed by atoms with Crippen molar-refractivity contribution in [2.45, 2.75) is 30.8 Å². The summed E-state index contributed by atoms with van der Waals surface area (Å²) >= 11 is 1.42. The average molecular weight is 569 g/mol. The maximum Gasteiger partial charge on any atom is 0.573 e. The molecule has 1 aliphatic rings. The molecule has 0 bridgehead atoms. The number of alkyl halides is 3. The van der Waals surface area contributed by atoms with Crippen LogP contribution in [0.25, 0.3) is 10.6 Å². The van der Waals surface area contributed by atoms with Gasteiger partial charge in [-0.25, -0.2) is 8.42 Å². The predicted molar refractivity (Wildman–Crippen MR) is 132 cm³/mol. The second-order valence-corrected chi connectivity index (χ2v) is 11.4. The summed E-state index contributed by atoms with van der Waals surface area (Å²) in [5.74, 6) is -1.50. The van der Waals surface area contributed by atoms with E-state index in [4.69, 9.17) is 0 Å². The zero-order valence-electron chi connectivity index (χ0n) is 20.0. The highest BCUT2D eigenvalue weighted by molar-refractivity contribution is 7.89. The quantitative estimate of drug-likeness (QED) is 0.469. The Morgan fingerprint density at radius 1 is 1.11 bits per heavy atom. The number of piperazine rings is 1. The summed E-state index contributed by atoms with van der Waals surface area (Å²) in [6.45, 7) is 1.18. The van der Waals surface area contributed by atoms with Crippen LogP contribution in [0.4, 0.5) is 13.2 Å². The average Bonchev–Trinajstić information content (AvgIpc) is 3.36. The molecule has 38 heavy (non-hydrogen) atoms. The van der Waals surface area contributed by atoms with Crippen LogP contribution in [0.5, 0.6) is 5.75 Å². The van der Waals surface area contributed by atoms with Gasteiger partial charge in [-0.15, -0.1) is 24.5 Å². The Balaban J connectivity index is 1.51. The minimum absolute atomic E-state index is 0.0615. The minimum atomic E-state index is -4.92. The summed E-state index contributed by atoms with van der Waals surface area (Å²) in [5, 5.41) is 2.74. The SMILES string of the molecule is CC(=O)N1CCN(S(=O)(=O)c2ccc(OC(F)(F)F)cc2)[C@@H](C(=O)NCc2ccc(-c3ccccn3)s2)C1. The van der Waals surface area contributed by atoms with E-state index in [2.05, 4.69) is 15.0 Å². The van der Waals surface area contributed by atoms with Gasteiger partial charge in [0.2, 0.25) is 21.8 Å². The number of nitrogens with zero attached hydrogens (tertiary/aromatic N) is 3. The number of aromatic nitrogens is 1. The molecule has 1 saturated heterocycles. The summed E-state index contributed by atoms with van der Waals surface area (Å²) in [4.78, 5) is 32.3. The minimum Gasteiger partial charge on any atom is -0.406 e. The van der Waals surface area contributed by atoms with Crippen molar-refractivity contribution in [1.82, 2.24) is 19.5 Å². The standard InChI is InChI=1S/C24H23F3N4O5S2/c1-16(32)30-12-13-31(38(34,35)19-8-5-17(6-9-19)36-24(25,26)27)21(15-30)23(33)29-14-18-7-10-22(37-18)20-4-2-3-11-28-20/h2-11,21H,12-15H2,1H3,(H,29,33)/t21-/m1/s1. The van der Waals surface area contributed by atoms with Gasteiger partial charge in [-0.3, -0.25) is 14.6 Å². The van der Waals surface area contributed by atoms with Crippen LogP contribution in [-0.2, 0) is 26.2 Å². The molecule has 0 radical (unpaired) electrons. The van der Waals surface area contributed by atoms with Crippen LogP contribution < -0.4 is 10.1 Å².